The van der Waals surface area contributed by atoms with E-state index in [1.807, 2.05) is 43.6 Å². The van der Waals surface area contributed by atoms with Gasteiger partial charge in [-0.3, -0.25) is 9.48 Å². The minimum Gasteiger partial charge on any atom is -0.382 e. The Morgan fingerprint density at radius 2 is 2.11 bits per heavy atom. The number of anilines is 1. The third-order valence-electron chi connectivity index (χ3n) is 4.88. The van der Waals surface area contributed by atoms with Gasteiger partial charge in [-0.15, -0.1) is 0 Å². The number of ether oxygens (including phenoxy) is 1. The molecule has 8 heteroatoms. The second kappa shape index (κ2) is 8.16. The molecule has 1 aliphatic heterocycles. The van der Waals surface area contributed by atoms with Crippen LogP contribution in [0.1, 0.15) is 12.8 Å². The zero-order valence-corrected chi connectivity index (χ0v) is 16.4. The normalized spacial score (nSPS) is 16.9. The SMILES string of the molecule is Cn1ccc(-c2ccc(-n3ncc(NCC4CCCOC4)c(Cl)c3=O)cc2)n1. The van der Waals surface area contributed by atoms with Crippen LogP contribution in [0.3, 0.4) is 0 Å². The number of nitrogens with one attached hydrogen (secondary N) is 1. The molecule has 146 valence electrons. The van der Waals surface area contributed by atoms with Gasteiger partial charge < -0.3 is 10.1 Å². The topological polar surface area (TPSA) is 74.0 Å². The first kappa shape index (κ1) is 18.7. The summed E-state index contributed by atoms with van der Waals surface area (Å²) in [6.45, 7) is 2.27. The Kier molecular flexibility index (Phi) is 5.45. The van der Waals surface area contributed by atoms with Gasteiger partial charge in [0.25, 0.3) is 5.56 Å². The van der Waals surface area contributed by atoms with Crippen molar-refractivity contribution in [2.45, 2.75) is 12.8 Å². The molecule has 28 heavy (non-hydrogen) atoms. The summed E-state index contributed by atoms with van der Waals surface area (Å²) < 4.78 is 8.54. The zero-order chi connectivity index (χ0) is 19.5. The smallest absolute Gasteiger partial charge is 0.292 e. The fraction of sp³-hybridized carbons (Fsp3) is 0.350. The fourth-order valence-electron chi connectivity index (χ4n) is 3.31. The number of aryl methyl sites for hydroxylation is 1. The summed E-state index contributed by atoms with van der Waals surface area (Å²) in [5.74, 6) is 0.423. The Hall–Kier alpha value is -2.64. The maximum absolute atomic E-state index is 12.7. The summed E-state index contributed by atoms with van der Waals surface area (Å²) in [5.41, 5.74) is 2.70. The van der Waals surface area contributed by atoms with Gasteiger partial charge >= 0.3 is 0 Å². The van der Waals surface area contributed by atoms with E-state index >= 15 is 0 Å². The molecular weight excluding hydrogens is 378 g/mol. The first-order valence-electron chi connectivity index (χ1n) is 9.32. The van der Waals surface area contributed by atoms with E-state index in [1.165, 1.54) is 4.68 Å². The summed E-state index contributed by atoms with van der Waals surface area (Å²) in [7, 11) is 1.88. The molecule has 1 aromatic carbocycles. The van der Waals surface area contributed by atoms with Crippen molar-refractivity contribution in [3.05, 3.63) is 58.1 Å². The second-order valence-electron chi connectivity index (χ2n) is 6.97. The van der Waals surface area contributed by atoms with Crippen LogP contribution in [0.4, 0.5) is 5.69 Å². The monoisotopic (exact) mass is 399 g/mol. The van der Waals surface area contributed by atoms with Gasteiger partial charge in [0, 0.05) is 32.0 Å². The van der Waals surface area contributed by atoms with Crippen molar-refractivity contribution in [3.8, 4) is 16.9 Å². The summed E-state index contributed by atoms with van der Waals surface area (Å²) in [4.78, 5) is 12.7. The first-order chi connectivity index (χ1) is 13.6. The van der Waals surface area contributed by atoms with Crippen LogP contribution in [0.25, 0.3) is 16.9 Å². The highest BCUT2D eigenvalue weighted by Gasteiger charge is 2.16. The van der Waals surface area contributed by atoms with E-state index in [9.17, 15) is 4.79 Å². The minimum absolute atomic E-state index is 0.139. The predicted molar refractivity (Wildman–Crippen MR) is 109 cm³/mol. The molecule has 1 unspecified atom stereocenters. The van der Waals surface area contributed by atoms with Gasteiger partial charge in [0.15, 0.2) is 0 Å². The standard InChI is InChI=1S/C20H22ClN5O2/c1-25-9-8-17(24-25)15-4-6-16(7-5-15)26-20(27)19(21)18(12-23-26)22-11-14-3-2-10-28-13-14/h4-9,12,14,22H,2-3,10-11,13H2,1H3. The lowest BCUT2D eigenvalue weighted by Crippen LogP contribution is -2.26. The zero-order valence-electron chi connectivity index (χ0n) is 15.6. The number of rotatable bonds is 5. The third-order valence-corrected chi connectivity index (χ3v) is 5.24. The Bertz CT molecular complexity index is 1010. The lowest BCUT2D eigenvalue weighted by molar-refractivity contribution is 0.0595. The van der Waals surface area contributed by atoms with Crippen LogP contribution in [-0.2, 0) is 11.8 Å². The van der Waals surface area contributed by atoms with E-state index in [1.54, 1.807) is 10.9 Å². The molecule has 2 aromatic heterocycles. The molecule has 4 rings (SSSR count). The molecule has 1 fully saturated rings. The summed E-state index contributed by atoms with van der Waals surface area (Å²) in [5, 5.41) is 12.0. The fourth-order valence-corrected chi connectivity index (χ4v) is 3.50. The largest absolute Gasteiger partial charge is 0.382 e. The third kappa shape index (κ3) is 3.95. The van der Waals surface area contributed by atoms with Crippen LogP contribution in [-0.4, -0.2) is 39.3 Å². The van der Waals surface area contributed by atoms with Crippen LogP contribution in [0.5, 0.6) is 0 Å². The molecule has 3 aromatic rings. The number of aromatic nitrogens is 4. The maximum atomic E-state index is 12.7. The average molecular weight is 400 g/mol. The predicted octanol–water partition coefficient (Wildman–Crippen LogP) is 3.12. The first-order valence-corrected chi connectivity index (χ1v) is 9.69. The van der Waals surface area contributed by atoms with E-state index in [-0.39, 0.29) is 10.6 Å². The van der Waals surface area contributed by atoms with Gasteiger partial charge in [-0.05, 0) is 37.0 Å². The molecule has 1 atom stereocenters. The van der Waals surface area contributed by atoms with Gasteiger partial charge in [0.2, 0.25) is 0 Å². The van der Waals surface area contributed by atoms with Gasteiger partial charge in [-0.2, -0.15) is 14.9 Å². The van der Waals surface area contributed by atoms with Crippen molar-refractivity contribution in [1.29, 1.82) is 0 Å². The average Bonchev–Trinajstić information content (AvgIpc) is 3.16. The summed E-state index contributed by atoms with van der Waals surface area (Å²) >= 11 is 6.32. The lowest BCUT2D eigenvalue weighted by atomic mass is 10.0. The van der Waals surface area contributed by atoms with Crippen LogP contribution >= 0.6 is 11.6 Å². The molecule has 7 nitrogen and oxygen atoms in total. The summed E-state index contributed by atoms with van der Waals surface area (Å²) in [6, 6.07) is 9.43. The minimum atomic E-state index is -0.350. The van der Waals surface area contributed by atoms with E-state index in [0.717, 1.165) is 37.3 Å². The van der Waals surface area contributed by atoms with Gasteiger partial charge in [0.05, 0.1) is 29.9 Å². The quantitative estimate of drug-likeness (QED) is 0.713. The second-order valence-corrected chi connectivity index (χ2v) is 7.35. The molecule has 1 aliphatic rings. The Morgan fingerprint density at radius 3 is 2.79 bits per heavy atom. The Balaban J connectivity index is 1.52. The highest BCUT2D eigenvalue weighted by atomic mass is 35.5. The Labute approximate surface area is 167 Å². The molecule has 3 heterocycles. The molecule has 0 bridgehead atoms. The van der Waals surface area contributed by atoms with Crippen molar-refractivity contribution in [2.75, 3.05) is 25.1 Å². The number of benzene rings is 1. The number of halogens is 1. The molecule has 0 radical (unpaired) electrons. The van der Waals surface area contributed by atoms with Gasteiger partial charge in [0.1, 0.15) is 5.02 Å². The van der Waals surface area contributed by atoms with Gasteiger partial charge in [-0.1, -0.05) is 23.7 Å². The maximum Gasteiger partial charge on any atom is 0.292 e. The number of hydrogen-bond acceptors (Lipinski definition) is 5. The van der Waals surface area contributed by atoms with Crippen molar-refractivity contribution in [2.24, 2.45) is 13.0 Å². The van der Waals surface area contributed by atoms with Crippen molar-refractivity contribution >= 4 is 17.3 Å². The molecule has 0 aliphatic carbocycles. The molecular formula is C20H22ClN5O2. The van der Waals surface area contributed by atoms with Crippen LogP contribution < -0.4 is 10.9 Å². The number of hydrogen-bond donors (Lipinski definition) is 1. The van der Waals surface area contributed by atoms with E-state index < -0.39 is 0 Å². The number of nitrogens with zero attached hydrogens (tertiary/aromatic N) is 4. The van der Waals surface area contributed by atoms with Gasteiger partial charge in [-0.25, -0.2) is 0 Å². The van der Waals surface area contributed by atoms with Crippen LogP contribution in [0.2, 0.25) is 5.02 Å². The van der Waals surface area contributed by atoms with Crippen molar-refractivity contribution in [3.63, 3.8) is 0 Å². The molecule has 0 amide bonds. The van der Waals surface area contributed by atoms with E-state index in [0.29, 0.717) is 23.8 Å². The van der Waals surface area contributed by atoms with Crippen molar-refractivity contribution in [1.82, 2.24) is 19.6 Å². The molecule has 1 saturated heterocycles. The van der Waals surface area contributed by atoms with Crippen molar-refractivity contribution < 1.29 is 4.74 Å². The molecule has 0 saturated carbocycles. The highest BCUT2D eigenvalue weighted by molar-refractivity contribution is 6.32. The van der Waals surface area contributed by atoms with E-state index in [4.69, 9.17) is 16.3 Å². The van der Waals surface area contributed by atoms with Crippen LogP contribution in [0.15, 0.2) is 47.5 Å². The summed E-state index contributed by atoms with van der Waals surface area (Å²) in [6.07, 6.45) is 5.66. The Morgan fingerprint density at radius 1 is 1.29 bits per heavy atom. The lowest BCUT2D eigenvalue weighted by Gasteiger charge is -2.22. The van der Waals surface area contributed by atoms with E-state index in [2.05, 4.69) is 15.5 Å². The highest BCUT2D eigenvalue weighted by Crippen LogP contribution is 2.21. The molecule has 1 N–H and O–H groups in total. The molecule has 0 spiro atoms. The van der Waals surface area contributed by atoms with Crippen LogP contribution in [0, 0.1) is 5.92 Å².